The van der Waals surface area contributed by atoms with Crippen molar-refractivity contribution in [3.8, 4) is 5.75 Å². The third-order valence-electron chi connectivity index (χ3n) is 5.06. The Balaban J connectivity index is 1.36. The van der Waals surface area contributed by atoms with Crippen LogP contribution in [0.15, 0.2) is 54.6 Å². The predicted molar refractivity (Wildman–Crippen MR) is 123 cm³/mol. The maximum absolute atomic E-state index is 12.3. The fourth-order valence-corrected chi connectivity index (χ4v) is 3.43. The highest BCUT2D eigenvalue weighted by atomic mass is 35.5. The molecule has 1 aliphatic rings. The number of halogens is 1. The Kier molecular flexibility index (Phi) is 8.79. The van der Waals surface area contributed by atoms with Crippen LogP contribution in [0.25, 0.3) is 6.08 Å². The first-order chi connectivity index (χ1) is 15.9. The Bertz CT molecular complexity index is 1010. The molecule has 1 amide bonds. The molecule has 0 aliphatic carbocycles. The van der Waals surface area contributed by atoms with Gasteiger partial charge in [-0.25, -0.2) is 4.79 Å². The minimum atomic E-state index is -0.711. The number of ether oxygens (including phenoxy) is 2. The molecular formula is C23H24ClN3O6. The lowest BCUT2D eigenvalue weighted by atomic mass is 10.2. The first-order valence-electron chi connectivity index (χ1n) is 10.4. The van der Waals surface area contributed by atoms with Crippen LogP contribution in [0.4, 0.5) is 5.69 Å². The average Bonchev–Trinajstić information content (AvgIpc) is 2.83. The predicted octanol–water partition coefficient (Wildman–Crippen LogP) is 3.03. The zero-order valence-corrected chi connectivity index (χ0v) is 18.6. The molecule has 2 aromatic carbocycles. The van der Waals surface area contributed by atoms with Crippen molar-refractivity contribution in [1.29, 1.82) is 0 Å². The highest BCUT2D eigenvalue weighted by molar-refractivity contribution is 6.32. The smallest absolute Gasteiger partial charge is 0.331 e. The van der Waals surface area contributed by atoms with Crippen molar-refractivity contribution in [2.45, 2.75) is 0 Å². The molecule has 0 aromatic heterocycles. The fourth-order valence-electron chi connectivity index (χ4n) is 3.24. The maximum Gasteiger partial charge on any atom is 0.331 e. The van der Waals surface area contributed by atoms with Crippen LogP contribution in [0.1, 0.15) is 5.56 Å². The Morgan fingerprint density at radius 3 is 2.52 bits per heavy atom. The minimum absolute atomic E-state index is 0.00846. The van der Waals surface area contributed by atoms with Gasteiger partial charge in [0, 0.05) is 44.9 Å². The monoisotopic (exact) mass is 473 g/mol. The summed E-state index contributed by atoms with van der Waals surface area (Å²) in [6.45, 7) is 3.50. The summed E-state index contributed by atoms with van der Waals surface area (Å²) in [7, 11) is 0. The van der Waals surface area contributed by atoms with Gasteiger partial charge in [0.2, 0.25) is 0 Å². The summed E-state index contributed by atoms with van der Waals surface area (Å²) in [5, 5.41) is 10.9. The normalized spacial score (nSPS) is 14.3. The van der Waals surface area contributed by atoms with Gasteiger partial charge in [-0.3, -0.25) is 19.8 Å². The number of benzene rings is 2. The number of carbonyl (C=O) groups excluding carboxylic acids is 2. The van der Waals surface area contributed by atoms with Crippen LogP contribution in [-0.2, 0) is 14.3 Å². The Morgan fingerprint density at radius 2 is 1.82 bits per heavy atom. The van der Waals surface area contributed by atoms with Crippen molar-refractivity contribution >= 4 is 35.2 Å². The van der Waals surface area contributed by atoms with Gasteiger partial charge in [-0.2, -0.15) is 0 Å². The first kappa shape index (κ1) is 24.2. The van der Waals surface area contributed by atoms with Gasteiger partial charge in [-0.1, -0.05) is 35.9 Å². The fraction of sp³-hybridized carbons (Fsp3) is 0.304. The molecule has 0 N–H and O–H groups in total. The van der Waals surface area contributed by atoms with Crippen molar-refractivity contribution in [1.82, 2.24) is 9.80 Å². The van der Waals surface area contributed by atoms with Crippen molar-refractivity contribution in [3.05, 3.63) is 75.3 Å². The lowest BCUT2D eigenvalue weighted by molar-refractivity contribution is -0.384. The van der Waals surface area contributed by atoms with Crippen LogP contribution in [0.5, 0.6) is 5.75 Å². The Labute approximate surface area is 196 Å². The summed E-state index contributed by atoms with van der Waals surface area (Å²) >= 11 is 5.76. The van der Waals surface area contributed by atoms with Crippen molar-refractivity contribution in [3.63, 3.8) is 0 Å². The Morgan fingerprint density at radius 1 is 1.09 bits per heavy atom. The zero-order valence-electron chi connectivity index (χ0n) is 17.9. The number of nitro benzene ring substituents is 1. The average molecular weight is 474 g/mol. The number of amides is 1. The molecule has 1 saturated heterocycles. The minimum Gasteiger partial charge on any atom is -0.492 e. The number of piperazine rings is 1. The van der Waals surface area contributed by atoms with E-state index in [1.54, 1.807) is 4.90 Å². The summed E-state index contributed by atoms with van der Waals surface area (Å²) in [5.74, 6) is -0.145. The maximum atomic E-state index is 12.3. The molecule has 33 heavy (non-hydrogen) atoms. The van der Waals surface area contributed by atoms with E-state index in [1.165, 1.54) is 24.3 Å². The second-order valence-electron chi connectivity index (χ2n) is 7.29. The number of esters is 1. The van der Waals surface area contributed by atoms with E-state index in [4.69, 9.17) is 21.1 Å². The van der Waals surface area contributed by atoms with Crippen LogP contribution in [0.2, 0.25) is 5.02 Å². The SMILES string of the molecule is O=C(/C=C\c1ccc(Cl)c([N+](=O)[O-])c1)OCC(=O)N1CCN(CCOc2ccccc2)CC1. The van der Waals surface area contributed by atoms with E-state index in [0.717, 1.165) is 18.4 Å². The molecule has 174 valence electrons. The molecular weight excluding hydrogens is 450 g/mol. The summed E-state index contributed by atoms with van der Waals surface area (Å²) in [6.07, 6.45) is 2.48. The number of rotatable bonds is 9. The van der Waals surface area contributed by atoms with Crippen molar-refractivity contribution in [2.24, 2.45) is 0 Å². The van der Waals surface area contributed by atoms with Crippen LogP contribution in [-0.4, -0.2) is 72.5 Å². The van der Waals surface area contributed by atoms with Gasteiger partial charge in [0.25, 0.3) is 11.6 Å². The molecule has 0 saturated carbocycles. The molecule has 3 rings (SSSR count). The highest BCUT2D eigenvalue weighted by Crippen LogP contribution is 2.25. The van der Waals surface area contributed by atoms with E-state index in [9.17, 15) is 19.7 Å². The number of carbonyl (C=O) groups is 2. The third-order valence-corrected chi connectivity index (χ3v) is 5.38. The summed E-state index contributed by atoms with van der Waals surface area (Å²) in [4.78, 5) is 38.4. The zero-order chi connectivity index (χ0) is 23.6. The van der Waals surface area contributed by atoms with Gasteiger partial charge in [-0.05, 0) is 29.8 Å². The van der Waals surface area contributed by atoms with Crippen LogP contribution < -0.4 is 4.74 Å². The van der Waals surface area contributed by atoms with E-state index in [0.29, 0.717) is 38.3 Å². The second kappa shape index (κ2) is 12.0. The molecule has 0 bridgehead atoms. The van der Waals surface area contributed by atoms with Gasteiger partial charge in [0.1, 0.15) is 17.4 Å². The molecule has 0 spiro atoms. The van der Waals surface area contributed by atoms with Gasteiger partial charge in [0.05, 0.1) is 4.92 Å². The van der Waals surface area contributed by atoms with E-state index in [2.05, 4.69) is 4.90 Å². The number of para-hydroxylation sites is 1. The van der Waals surface area contributed by atoms with Crippen LogP contribution in [0, 0.1) is 10.1 Å². The van der Waals surface area contributed by atoms with Crippen LogP contribution >= 0.6 is 11.6 Å². The molecule has 0 unspecified atom stereocenters. The third kappa shape index (κ3) is 7.58. The van der Waals surface area contributed by atoms with E-state index < -0.39 is 10.9 Å². The van der Waals surface area contributed by atoms with E-state index in [-0.39, 0.29) is 23.2 Å². The quantitative estimate of drug-likeness (QED) is 0.239. The number of nitrogens with zero attached hydrogens (tertiary/aromatic N) is 3. The van der Waals surface area contributed by atoms with Gasteiger partial charge >= 0.3 is 5.97 Å². The van der Waals surface area contributed by atoms with Crippen molar-refractivity contribution < 1.29 is 24.0 Å². The Hall–Kier alpha value is -3.43. The van der Waals surface area contributed by atoms with Crippen LogP contribution in [0.3, 0.4) is 0 Å². The topological polar surface area (TPSA) is 102 Å². The largest absolute Gasteiger partial charge is 0.492 e. The van der Waals surface area contributed by atoms with E-state index in [1.807, 2.05) is 30.3 Å². The molecule has 2 aromatic rings. The number of hydrogen-bond donors (Lipinski definition) is 0. The molecule has 0 atom stereocenters. The van der Waals surface area contributed by atoms with Gasteiger partial charge in [0.15, 0.2) is 6.61 Å². The van der Waals surface area contributed by atoms with E-state index >= 15 is 0 Å². The lowest BCUT2D eigenvalue weighted by Crippen LogP contribution is -2.50. The van der Waals surface area contributed by atoms with Gasteiger partial charge < -0.3 is 14.4 Å². The summed E-state index contributed by atoms with van der Waals surface area (Å²) in [5.41, 5.74) is 0.162. The summed E-state index contributed by atoms with van der Waals surface area (Å²) in [6, 6.07) is 13.8. The molecule has 0 radical (unpaired) electrons. The molecule has 10 heteroatoms. The number of hydrogen-bond acceptors (Lipinski definition) is 7. The molecule has 1 heterocycles. The standard InChI is InChI=1S/C23H24ClN3O6/c24-20-8-6-18(16-21(20)27(30)31)7-9-23(29)33-17-22(28)26-12-10-25(11-13-26)14-15-32-19-4-2-1-3-5-19/h1-9,16H,10-15,17H2/b9-7-. The van der Waals surface area contributed by atoms with Crippen molar-refractivity contribution in [2.75, 3.05) is 45.9 Å². The second-order valence-corrected chi connectivity index (χ2v) is 7.70. The number of nitro groups is 1. The molecule has 1 aliphatic heterocycles. The molecule has 1 fully saturated rings. The molecule has 9 nitrogen and oxygen atoms in total. The first-order valence-corrected chi connectivity index (χ1v) is 10.8. The highest BCUT2D eigenvalue weighted by Gasteiger charge is 2.21. The lowest BCUT2D eigenvalue weighted by Gasteiger charge is -2.34. The van der Waals surface area contributed by atoms with Gasteiger partial charge in [-0.15, -0.1) is 0 Å². The summed E-state index contributed by atoms with van der Waals surface area (Å²) < 4.78 is 10.7.